The summed E-state index contributed by atoms with van der Waals surface area (Å²) >= 11 is 1.78. The zero-order valence-electron chi connectivity index (χ0n) is 6.92. The second-order valence-corrected chi connectivity index (χ2v) is 3.53. The van der Waals surface area contributed by atoms with Gasteiger partial charge in [-0.3, -0.25) is 0 Å². The van der Waals surface area contributed by atoms with Crippen molar-refractivity contribution in [3.8, 4) is 0 Å². The van der Waals surface area contributed by atoms with Gasteiger partial charge in [-0.15, -0.1) is 0 Å². The van der Waals surface area contributed by atoms with E-state index in [4.69, 9.17) is 5.11 Å². The van der Waals surface area contributed by atoms with Crippen molar-refractivity contribution >= 4 is 11.9 Å². The fraction of sp³-hybridized carbons (Fsp3) is 1.00. The van der Waals surface area contributed by atoms with Gasteiger partial charge >= 0.3 is 0 Å². The summed E-state index contributed by atoms with van der Waals surface area (Å²) in [5, 5.41) is 12.1. The third-order valence-corrected chi connectivity index (χ3v) is 2.94. The van der Waals surface area contributed by atoms with Crippen LogP contribution in [-0.2, 0) is 0 Å². The predicted octanol–water partition coefficient (Wildman–Crippen LogP) is -0.0794. The molecular formula is C7H16N2OS. The maximum Gasteiger partial charge on any atom is 0.0446 e. The molecule has 66 valence electrons. The van der Waals surface area contributed by atoms with Crippen LogP contribution in [0.4, 0.5) is 0 Å². The molecule has 0 aromatic carbocycles. The minimum absolute atomic E-state index is 0.295. The lowest BCUT2D eigenvalue weighted by molar-refractivity contribution is 0.212. The summed E-state index contributed by atoms with van der Waals surface area (Å²) in [4.78, 5) is 0. The molecule has 0 spiro atoms. The van der Waals surface area contributed by atoms with Gasteiger partial charge in [0.25, 0.3) is 0 Å². The Morgan fingerprint density at radius 1 is 1.73 bits per heavy atom. The Morgan fingerprint density at radius 3 is 3.18 bits per heavy atom. The van der Waals surface area contributed by atoms with Gasteiger partial charge in [0.2, 0.25) is 0 Å². The molecule has 1 unspecified atom stereocenters. The smallest absolute Gasteiger partial charge is 0.0446 e. The Balaban J connectivity index is 2.31. The maximum absolute atomic E-state index is 8.77. The van der Waals surface area contributed by atoms with E-state index in [0.717, 1.165) is 26.1 Å². The number of aliphatic hydroxyl groups is 1. The molecule has 0 bridgehead atoms. The largest absolute Gasteiger partial charge is 0.396 e. The summed E-state index contributed by atoms with van der Waals surface area (Å²) in [6.45, 7) is 3.47. The number of hydrogen-bond acceptors (Lipinski definition) is 4. The standard InChI is InChI=1S/C7H16N2OS/c1-11-9-4-3-8-6-7(9)2-5-10/h7-8,10H,2-6H2,1H3. The highest BCUT2D eigenvalue weighted by molar-refractivity contribution is 7.96. The molecule has 4 heteroatoms. The molecule has 1 heterocycles. The molecule has 1 aliphatic rings. The number of nitrogens with one attached hydrogen (secondary N) is 1. The molecular weight excluding hydrogens is 160 g/mol. The van der Waals surface area contributed by atoms with Crippen molar-refractivity contribution in [2.24, 2.45) is 0 Å². The Hall–Kier alpha value is 0.230. The van der Waals surface area contributed by atoms with Crippen molar-refractivity contribution in [3.63, 3.8) is 0 Å². The Labute approximate surface area is 72.3 Å². The van der Waals surface area contributed by atoms with Gasteiger partial charge in [-0.25, -0.2) is 4.31 Å². The van der Waals surface area contributed by atoms with Gasteiger partial charge < -0.3 is 10.4 Å². The van der Waals surface area contributed by atoms with Crippen molar-refractivity contribution in [2.45, 2.75) is 12.5 Å². The van der Waals surface area contributed by atoms with Gasteiger partial charge in [0.05, 0.1) is 0 Å². The molecule has 11 heavy (non-hydrogen) atoms. The number of hydrogen-bond donors (Lipinski definition) is 2. The van der Waals surface area contributed by atoms with E-state index < -0.39 is 0 Å². The number of nitrogens with zero attached hydrogens (tertiary/aromatic N) is 1. The molecule has 1 atom stereocenters. The van der Waals surface area contributed by atoms with Crippen LogP contribution in [0.25, 0.3) is 0 Å². The third-order valence-electron chi connectivity index (χ3n) is 1.99. The fourth-order valence-electron chi connectivity index (χ4n) is 1.38. The van der Waals surface area contributed by atoms with Crippen molar-refractivity contribution in [1.82, 2.24) is 9.62 Å². The highest BCUT2D eigenvalue weighted by Crippen LogP contribution is 2.14. The van der Waals surface area contributed by atoms with Gasteiger partial charge in [-0.2, -0.15) is 0 Å². The van der Waals surface area contributed by atoms with Crippen LogP contribution in [0.3, 0.4) is 0 Å². The summed E-state index contributed by atoms with van der Waals surface area (Å²) in [6.07, 6.45) is 2.98. The lowest BCUT2D eigenvalue weighted by atomic mass is 10.2. The second kappa shape index (κ2) is 4.98. The molecule has 0 saturated carbocycles. The first kappa shape index (κ1) is 9.32. The molecule has 0 radical (unpaired) electrons. The summed E-state index contributed by atoms with van der Waals surface area (Å²) < 4.78 is 2.34. The molecule has 0 aromatic rings. The summed E-state index contributed by atoms with van der Waals surface area (Å²) in [7, 11) is 0. The first-order valence-corrected chi connectivity index (χ1v) is 5.19. The molecule has 0 aliphatic carbocycles. The normalized spacial score (nSPS) is 27.3. The molecule has 1 aliphatic heterocycles. The van der Waals surface area contributed by atoms with Crippen molar-refractivity contribution in [1.29, 1.82) is 0 Å². The second-order valence-electron chi connectivity index (χ2n) is 2.69. The minimum atomic E-state index is 0.295. The van der Waals surface area contributed by atoms with Gasteiger partial charge in [0, 0.05) is 32.3 Å². The summed E-state index contributed by atoms with van der Waals surface area (Å²) in [5.74, 6) is 0. The first-order valence-electron chi connectivity index (χ1n) is 4.01. The van der Waals surface area contributed by atoms with Crippen LogP contribution >= 0.6 is 11.9 Å². The number of rotatable bonds is 3. The van der Waals surface area contributed by atoms with Crippen molar-refractivity contribution in [2.75, 3.05) is 32.5 Å². The zero-order valence-corrected chi connectivity index (χ0v) is 7.73. The van der Waals surface area contributed by atoms with Crippen molar-refractivity contribution in [3.05, 3.63) is 0 Å². The summed E-state index contributed by atoms with van der Waals surface area (Å²) in [5.41, 5.74) is 0. The van der Waals surface area contributed by atoms with E-state index in [0.29, 0.717) is 12.6 Å². The van der Waals surface area contributed by atoms with E-state index in [1.54, 1.807) is 11.9 Å². The molecule has 1 saturated heterocycles. The van der Waals surface area contributed by atoms with Crippen LogP contribution < -0.4 is 5.32 Å². The highest BCUT2D eigenvalue weighted by Gasteiger charge is 2.20. The predicted molar refractivity (Wildman–Crippen MR) is 48.6 cm³/mol. The quantitative estimate of drug-likeness (QED) is 0.590. The van der Waals surface area contributed by atoms with E-state index >= 15 is 0 Å². The van der Waals surface area contributed by atoms with Crippen LogP contribution in [0.2, 0.25) is 0 Å². The lowest BCUT2D eigenvalue weighted by Gasteiger charge is -2.33. The van der Waals surface area contributed by atoms with Crippen LogP contribution in [-0.4, -0.2) is 48.0 Å². The van der Waals surface area contributed by atoms with Gasteiger partial charge in [0.1, 0.15) is 0 Å². The van der Waals surface area contributed by atoms with E-state index in [-0.39, 0.29) is 0 Å². The van der Waals surface area contributed by atoms with E-state index in [9.17, 15) is 0 Å². The van der Waals surface area contributed by atoms with Gasteiger partial charge in [0.15, 0.2) is 0 Å². The van der Waals surface area contributed by atoms with E-state index in [1.807, 2.05) is 0 Å². The summed E-state index contributed by atoms with van der Waals surface area (Å²) in [6, 6.07) is 0.517. The average molecular weight is 176 g/mol. The Bertz CT molecular complexity index is 111. The molecule has 1 fully saturated rings. The van der Waals surface area contributed by atoms with Crippen LogP contribution in [0.15, 0.2) is 0 Å². The topological polar surface area (TPSA) is 35.5 Å². The van der Waals surface area contributed by atoms with Crippen LogP contribution in [0.1, 0.15) is 6.42 Å². The average Bonchev–Trinajstić information content (AvgIpc) is 2.06. The lowest BCUT2D eigenvalue weighted by Crippen LogP contribution is -2.48. The molecule has 0 amide bonds. The zero-order chi connectivity index (χ0) is 8.10. The molecule has 1 rings (SSSR count). The monoisotopic (exact) mass is 176 g/mol. The Morgan fingerprint density at radius 2 is 2.55 bits per heavy atom. The van der Waals surface area contributed by atoms with Crippen LogP contribution in [0, 0.1) is 0 Å². The van der Waals surface area contributed by atoms with Crippen LogP contribution in [0.5, 0.6) is 0 Å². The third kappa shape index (κ3) is 2.63. The van der Waals surface area contributed by atoms with E-state index in [2.05, 4.69) is 15.9 Å². The molecule has 0 aromatic heterocycles. The molecule has 3 nitrogen and oxygen atoms in total. The Kier molecular flexibility index (Phi) is 4.22. The van der Waals surface area contributed by atoms with Gasteiger partial charge in [-0.1, -0.05) is 11.9 Å². The number of aliphatic hydroxyl groups excluding tert-OH is 1. The first-order chi connectivity index (χ1) is 5.38. The van der Waals surface area contributed by atoms with E-state index in [1.165, 1.54) is 0 Å². The number of piperazine rings is 1. The molecule has 2 N–H and O–H groups in total. The minimum Gasteiger partial charge on any atom is -0.396 e. The van der Waals surface area contributed by atoms with Gasteiger partial charge in [-0.05, 0) is 12.7 Å². The van der Waals surface area contributed by atoms with Crippen molar-refractivity contribution < 1.29 is 5.11 Å². The maximum atomic E-state index is 8.77. The fourth-order valence-corrected chi connectivity index (χ4v) is 2.13. The highest BCUT2D eigenvalue weighted by atomic mass is 32.2. The SMILES string of the molecule is CSN1CCNCC1CCO.